The number of aliphatic imine (C=N–C) groups is 1. The predicted octanol–water partition coefficient (Wildman–Crippen LogP) is 2.42. The molecule has 116 valence electrons. The van der Waals surface area contributed by atoms with Crippen molar-refractivity contribution >= 4 is 17.3 Å². The van der Waals surface area contributed by atoms with E-state index in [1.165, 1.54) is 4.88 Å². The molecule has 0 saturated carbocycles. The van der Waals surface area contributed by atoms with Gasteiger partial charge in [0.1, 0.15) is 5.75 Å². The molecular formula is C16H20N4OS. The average Bonchev–Trinajstić information content (AvgIpc) is 2.93. The number of rotatable bonds is 4. The zero-order valence-electron chi connectivity index (χ0n) is 12.6. The number of aryl methyl sites for hydroxylation is 1. The first-order valence-electron chi connectivity index (χ1n) is 7.42. The van der Waals surface area contributed by atoms with Gasteiger partial charge in [0.2, 0.25) is 0 Å². The molecule has 22 heavy (non-hydrogen) atoms. The third kappa shape index (κ3) is 3.57. The fourth-order valence-corrected chi connectivity index (χ4v) is 3.28. The van der Waals surface area contributed by atoms with Gasteiger partial charge in [0, 0.05) is 36.0 Å². The molecule has 5 nitrogen and oxygen atoms in total. The smallest absolute Gasteiger partial charge is 0.189 e. The number of thiazole rings is 1. The highest BCUT2D eigenvalue weighted by atomic mass is 32.1. The van der Waals surface area contributed by atoms with Crippen LogP contribution in [0.15, 0.2) is 35.5 Å². The van der Waals surface area contributed by atoms with Gasteiger partial charge in [-0.2, -0.15) is 0 Å². The molecule has 1 unspecified atom stereocenters. The normalized spacial score (nSPS) is 17.7. The molecule has 0 radical (unpaired) electrons. The molecule has 0 fully saturated rings. The van der Waals surface area contributed by atoms with Crippen molar-refractivity contribution in [1.82, 2.24) is 10.3 Å². The van der Waals surface area contributed by atoms with E-state index in [2.05, 4.69) is 28.3 Å². The van der Waals surface area contributed by atoms with Crippen LogP contribution in [0, 0.1) is 6.92 Å². The lowest BCUT2D eigenvalue weighted by Crippen LogP contribution is -2.37. The van der Waals surface area contributed by atoms with Crippen molar-refractivity contribution < 1.29 is 4.74 Å². The van der Waals surface area contributed by atoms with E-state index in [0.717, 1.165) is 29.2 Å². The van der Waals surface area contributed by atoms with Crippen LogP contribution in [0.2, 0.25) is 0 Å². The van der Waals surface area contributed by atoms with Crippen LogP contribution in [0.5, 0.6) is 5.75 Å². The third-order valence-corrected chi connectivity index (χ3v) is 4.53. The Hall–Kier alpha value is -2.08. The highest BCUT2D eigenvalue weighted by Gasteiger charge is 2.21. The van der Waals surface area contributed by atoms with Gasteiger partial charge in [0.25, 0.3) is 0 Å². The van der Waals surface area contributed by atoms with Crippen LogP contribution < -0.4 is 15.8 Å². The molecule has 0 amide bonds. The fraction of sp³-hybridized carbons (Fsp3) is 0.375. The molecule has 3 rings (SSSR count). The quantitative estimate of drug-likeness (QED) is 0.671. The summed E-state index contributed by atoms with van der Waals surface area (Å²) in [7, 11) is 0. The Morgan fingerprint density at radius 2 is 2.36 bits per heavy atom. The highest BCUT2D eigenvalue weighted by molar-refractivity contribution is 7.11. The first kappa shape index (κ1) is 14.8. The summed E-state index contributed by atoms with van der Waals surface area (Å²) in [4.78, 5) is 9.96. The van der Waals surface area contributed by atoms with Gasteiger partial charge in [-0.3, -0.25) is 4.99 Å². The van der Waals surface area contributed by atoms with Crippen LogP contribution in [-0.2, 0) is 6.42 Å². The molecule has 1 aliphatic heterocycles. The summed E-state index contributed by atoms with van der Waals surface area (Å²) >= 11 is 1.71. The minimum atomic E-state index is 0.163. The van der Waals surface area contributed by atoms with E-state index in [1.54, 1.807) is 11.3 Å². The maximum Gasteiger partial charge on any atom is 0.189 e. The molecule has 3 N–H and O–H groups in total. The first-order valence-corrected chi connectivity index (χ1v) is 8.23. The van der Waals surface area contributed by atoms with Crippen LogP contribution in [0.1, 0.15) is 27.9 Å². The molecule has 1 atom stereocenters. The number of guanidine groups is 1. The lowest BCUT2D eigenvalue weighted by molar-refractivity contribution is 0.262. The topological polar surface area (TPSA) is 72.5 Å². The molecule has 0 spiro atoms. The average molecular weight is 316 g/mol. The molecule has 0 aliphatic carbocycles. The van der Waals surface area contributed by atoms with Gasteiger partial charge in [-0.25, -0.2) is 4.98 Å². The first-order chi connectivity index (χ1) is 10.7. The summed E-state index contributed by atoms with van der Waals surface area (Å²) in [6.07, 6.45) is 3.61. The fourth-order valence-electron chi connectivity index (χ4n) is 2.51. The van der Waals surface area contributed by atoms with E-state index in [-0.39, 0.29) is 6.04 Å². The Morgan fingerprint density at radius 1 is 1.50 bits per heavy atom. The second kappa shape index (κ2) is 6.79. The van der Waals surface area contributed by atoms with E-state index in [0.29, 0.717) is 19.1 Å². The lowest BCUT2D eigenvalue weighted by Gasteiger charge is -2.26. The Labute approximate surface area is 134 Å². The van der Waals surface area contributed by atoms with Crippen LogP contribution >= 0.6 is 11.3 Å². The van der Waals surface area contributed by atoms with Gasteiger partial charge in [-0.05, 0) is 13.0 Å². The molecule has 1 aromatic carbocycles. The van der Waals surface area contributed by atoms with E-state index >= 15 is 0 Å². The number of nitrogens with one attached hydrogen (secondary N) is 1. The zero-order valence-corrected chi connectivity index (χ0v) is 13.4. The zero-order chi connectivity index (χ0) is 15.4. The number of benzene rings is 1. The van der Waals surface area contributed by atoms with Crippen molar-refractivity contribution in [2.75, 3.05) is 13.2 Å². The van der Waals surface area contributed by atoms with Gasteiger partial charge in [0.05, 0.1) is 17.7 Å². The van der Waals surface area contributed by atoms with Crippen molar-refractivity contribution in [1.29, 1.82) is 0 Å². The van der Waals surface area contributed by atoms with E-state index < -0.39 is 0 Å². The monoisotopic (exact) mass is 316 g/mol. The molecule has 0 saturated heterocycles. The Kier molecular flexibility index (Phi) is 4.58. The van der Waals surface area contributed by atoms with Gasteiger partial charge in [0.15, 0.2) is 5.96 Å². The van der Waals surface area contributed by atoms with E-state index in [9.17, 15) is 0 Å². The van der Waals surface area contributed by atoms with Crippen molar-refractivity contribution in [2.45, 2.75) is 25.8 Å². The molecule has 1 aliphatic rings. The molecule has 2 heterocycles. The highest BCUT2D eigenvalue weighted by Crippen LogP contribution is 2.31. The number of aromatic nitrogens is 1. The van der Waals surface area contributed by atoms with Crippen LogP contribution in [0.25, 0.3) is 0 Å². The number of para-hydroxylation sites is 1. The molecular weight excluding hydrogens is 296 g/mol. The third-order valence-electron chi connectivity index (χ3n) is 3.56. The Morgan fingerprint density at radius 3 is 3.18 bits per heavy atom. The number of fused-ring (bicyclic) bond motifs is 1. The van der Waals surface area contributed by atoms with Gasteiger partial charge < -0.3 is 15.8 Å². The minimum Gasteiger partial charge on any atom is -0.493 e. The molecule has 2 aromatic rings. The van der Waals surface area contributed by atoms with Gasteiger partial charge in [-0.15, -0.1) is 11.3 Å². The van der Waals surface area contributed by atoms with Gasteiger partial charge >= 0.3 is 0 Å². The van der Waals surface area contributed by atoms with Crippen molar-refractivity contribution in [3.63, 3.8) is 0 Å². The van der Waals surface area contributed by atoms with Crippen LogP contribution in [0.3, 0.4) is 0 Å². The SMILES string of the molecule is Cc1cnc(CCN=C(N)NC2CCOc3ccccc32)s1. The standard InChI is InChI=1S/C16H20N4OS/c1-11-10-19-15(22-11)6-8-18-16(17)20-13-7-9-21-14-5-3-2-4-12(13)14/h2-5,10,13H,6-9H2,1H3,(H3,17,18,20). The Bertz CT molecular complexity index is 668. The van der Waals surface area contributed by atoms with E-state index in [4.69, 9.17) is 10.5 Å². The largest absolute Gasteiger partial charge is 0.493 e. The van der Waals surface area contributed by atoms with Gasteiger partial charge in [-0.1, -0.05) is 18.2 Å². The second-order valence-electron chi connectivity index (χ2n) is 5.25. The maximum atomic E-state index is 6.01. The summed E-state index contributed by atoms with van der Waals surface area (Å²) in [5, 5.41) is 4.40. The lowest BCUT2D eigenvalue weighted by atomic mass is 10.0. The maximum absolute atomic E-state index is 6.01. The minimum absolute atomic E-state index is 0.163. The van der Waals surface area contributed by atoms with Crippen molar-refractivity contribution in [2.24, 2.45) is 10.7 Å². The number of ether oxygens (including phenoxy) is 1. The van der Waals surface area contributed by atoms with Crippen LogP contribution in [0.4, 0.5) is 0 Å². The summed E-state index contributed by atoms with van der Waals surface area (Å²) < 4.78 is 5.65. The number of nitrogens with two attached hydrogens (primary N) is 1. The summed E-state index contributed by atoms with van der Waals surface area (Å²) in [5.41, 5.74) is 7.15. The number of hydrogen-bond donors (Lipinski definition) is 2. The van der Waals surface area contributed by atoms with Crippen molar-refractivity contribution in [3.8, 4) is 5.75 Å². The number of hydrogen-bond acceptors (Lipinski definition) is 4. The predicted molar refractivity (Wildman–Crippen MR) is 89.5 cm³/mol. The van der Waals surface area contributed by atoms with Crippen LogP contribution in [-0.4, -0.2) is 24.1 Å². The summed E-state index contributed by atoms with van der Waals surface area (Å²) in [6, 6.07) is 8.21. The molecule has 0 bridgehead atoms. The Balaban J connectivity index is 1.57. The summed E-state index contributed by atoms with van der Waals surface area (Å²) in [6.45, 7) is 3.40. The molecule has 6 heteroatoms. The van der Waals surface area contributed by atoms with E-state index in [1.807, 2.05) is 24.4 Å². The molecule has 1 aromatic heterocycles. The second-order valence-corrected chi connectivity index (χ2v) is 6.57. The van der Waals surface area contributed by atoms with Crippen molar-refractivity contribution in [3.05, 3.63) is 45.9 Å². The number of nitrogens with zero attached hydrogens (tertiary/aromatic N) is 2. The summed E-state index contributed by atoms with van der Waals surface area (Å²) in [5.74, 6) is 1.41.